The fourth-order valence-electron chi connectivity index (χ4n) is 9.99. The second-order valence-electron chi connectivity index (χ2n) is 26.2. The third-order valence-corrected chi connectivity index (χ3v) is 18.0. The smallest absolute Gasteiger partial charge is 0.462 e. The van der Waals surface area contributed by atoms with Crippen molar-refractivity contribution >= 4 is 39.5 Å². The van der Waals surface area contributed by atoms with Crippen LogP contribution in [0.15, 0.2) is 194 Å². The van der Waals surface area contributed by atoms with Crippen molar-refractivity contribution in [2.75, 3.05) is 39.6 Å². The summed E-state index contributed by atoms with van der Waals surface area (Å²) in [6, 6.07) is 0. The predicted octanol–water partition coefficient (Wildman–Crippen LogP) is 24.1. The van der Waals surface area contributed by atoms with Crippen LogP contribution in [0.4, 0.5) is 0 Å². The molecule has 0 radical (unpaired) electrons. The highest BCUT2D eigenvalue weighted by molar-refractivity contribution is 7.47. The van der Waals surface area contributed by atoms with Gasteiger partial charge in [0, 0.05) is 25.7 Å². The minimum Gasteiger partial charge on any atom is -0.462 e. The SMILES string of the molecule is CC/C=C\C/C=C\C/C=C\C/C=C\C/C=C\C/C=C\CCC(=O)OCC(COP(=O)(O)OCC(O)COP(=O)(O)OCC(COC(=O)CCCCCCCCC/C=C\C/C=C\C/C=C\CC)OC(=O)CCCCCCC/C=C\CCCCCC)OC(=O)CC/C=C\C/C=C\C/C=C\C/C=C\C/C=C\C/C=C\CC. The highest BCUT2D eigenvalue weighted by Crippen LogP contribution is 2.45. The van der Waals surface area contributed by atoms with Gasteiger partial charge in [-0.1, -0.05) is 293 Å². The molecule has 0 aliphatic carbocycles. The number of esters is 4. The summed E-state index contributed by atoms with van der Waals surface area (Å²) in [6.07, 6.45) is 97.2. The van der Waals surface area contributed by atoms with Crippen molar-refractivity contribution in [1.82, 2.24) is 0 Å². The molecule has 0 saturated heterocycles. The molecule has 610 valence electrons. The number of rotatable bonds is 74. The molecule has 0 rings (SSSR count). The minimum atomic E-state index is -5.03. The van der Waals surface area contributed by atoms with Crippen molar-refractivity contribution in [3.05, 3.63) is 194 Å². The van der Waals surface area contributed by atoms with Crippen molar-refractivity contribution in [1.29, 1.82) is 0 Å². The summed E-state index contributed by atoms with van der Waals surface area (Å²) in [7, 11) is -10.0. The van der Waals surface area contributed by atoms with E-state index in [1.807, 2.05) is 36.5 Å². The van der Waals surface area contributed by atoms with Crippen LogP contribution in [0, 0.1) is 0 Å². The number of unbranched alkanes of at least 4 members (excludes halogenated alkanes) is 16. The lowest BCUT2D eigenvalue weighted by Gasteiger charge is -2.21. The van der Waals surface area contributed by atoms with Crippen LogP contribution in [-0.4, -0.2) is 96.7 Å². The number of hydrogen-bond donors (Lipinski definition) is 3. The summed E-state index contributed by atoms with van der Waals surface area (Å²) < 4.78 is 68.5. The summed E-state index contributed by atoms with van der Waals surface area (Å²) >= 11 is 0. The highest BCUT2D eigenvalue weighted by atomic mass is 31.2. The van der Waals surface area contributed by atoms with E-state index in [9.17, 15) is 43.2 Å². The van der Waals surface area contributed by atoms with Gasteiger partial charge in [0.05, 0.1) is 26.4 Å². The molecule has 0 aromatic rings. The molecule has 5 atom stereocenters. The molecular formula is C89H142O17P2. The average molecular weight is 1550 g/mol. The first-order valence-corrected chi connectivity index (χ1v) is 43.7. The summed E-state index contributed by atoms with van der Waals surface area (Å²) in [6.45, 7) is 4.31. The number of phosphoric acid groups is 2. The number of allylic oxidation sites excluding steroid dienone is 32. The Morgan fingerprint density at radius 2 is 0.500 bits per heavy atom. The van der Waals surface area contributed by atoms with E-state index in [-0.39, 0.29) is 25.7 Å². The number of phosphoric ester groups is 2. The molecule has 17 nitrogen and oxygen atoms in total. The zero-order valence-electron chi connectivity index (χ0n) is 66.7. The molecule has 0 aromatic carbocycles. The predicted molar refractivity (Wildman–Crippen MR) is 445 cm³/mol. The third kappa shape index (κ3) is 78.0. The Hall–Kier alpha value is -6.10. The molecule has 0 bridgehead atoms. The van der Waals surface area contributed by atoms with Gasteiger partial charge < -0.3 is 33.8 Å². The van der Waals surface area contributed by atoms with Gasteiger partial charge in [-0.25, -0.2) is 9.13 Å². The number of ether oxygens (including phenoxy) is 4. The Labute approximate surface area is 653 Å². The molecule has 0 aliphatic heterocycles. The van der Waals surface area contributed by atoms with E-state index in [2.05, 4.69) is 186 Å². The first-order valence-electron chi connectivity index (χ1n) is 40.7. The van der Waals surface area contributed by atoms with E-state index in [1.54, 1.807) is 0 Å². The van der Waals surface area contributed by atoms with Gasteiger partial charge in [-0.15, -0.1) is 0 Å². The number of aliphatic hydroxyl groups excluding tert-OH is 1. The molecule has 0 amide bonds. The topological polar surface area (TPSA) is 237 Å². The number of carbonyl (C=O) groups excluding carboxylic acids is 4. The highest BCUT2D eigenvalue weighted by Gasteiger charge is 2.30. The maximum Gasteiger partial charge on any atom is 0.472 e. The molecule has 0 heterocycles. The normalized spacial score (nSPS) is 14.8. The molecule has 5 unspecified atom stereocenters. The first kappa shape index (κ1) is 102. The summed E-state index contributed by atoms with van der Waals surface area (Å²) in [5.74, 6) is -2.41. The van der Waals surface area contributed by atoms with Gasteiger partial charge in [-0.3, -0.25) is 37.3 Å². The first-order chi connectivity index (χ1) is 52.7. The fraction of sp³-hybridized carbons (Fsp3) is 0.596. The lowest BCUT2D eigenvalue weighted by atomic mass is 10.1. The van der Waals surface area contributed by atoms with E-state index in [1.165, 1.54) is 25.7 Å². The van der Waals surface area contributed by atoms with Gasteiger partial charge >= 0.3 is 39.5 Å². The standard InChI is InChI=1S/C89H142O17P2/c1-5-9-13-17-21-25-29-33-36-39-41-44-47-51-54-58-62-66-70-74-87(92)100-80-85(106-89(94)76-72-68-64-60-56-52-48-45-42-40-37-34-30-26-22-18-14-10-6-2)82-104-108(97,98)102-78-83(90)77-101-107(95,96)103-81-84(105-88(93)75-71-67-63-59-55-49-32-28-24-20-16-12-8-4)79-99-86(91)73-69-65-61-57-53-50-46-43-38-35-31-27-23-19-15-11-7-3/h9-11,13-15,21-23,25-28,32-38,41-42,44-45,51-52,54,56,62,64,66,68,83-85,90H,5-8,12,16-20,24,29-31,39-40,43,46-50,53,55,57-61,63,65,67,69-82H2,1-4H3,(H,95,96)(H,97,98)/b13-9-,14-10-,15-11-,25-21-,26-22-,27-23-,32-28-,36-33-,37-34-,38-35-,44-41-,45-42-,54-51-,56-52-,66-62-,68-64-. The van der Waals surface area contributed by atoms with E-state index in [0.29, 0.717) is 38.5 Å². The Morgan fingerprint density at radius 3 is 0.824 bits per heavy atom. The zero-order valence-corrected chi connectivity index (χ0v) is 68.5. The molecule has 3 N–H and O–H groups in total. The Kier molecular flexibility index (Phi) is 74.5. The van der Waals surface area contributed by atoms with Gasteiger partial charge in [-0.2, -0.15) is 0 Å². The Morgan fingerprint density at radius 1 is 0.269 bits per heavy atom. The maximum atomic E-state index is 13.1. The fourth-order valence-corrected chi connectivity index (χ4v) is 11.6. The van der Waals surface area contributed by atoms with Gasteiger partial charge in [0.15, 0.2) is 12.2 Å². The van der Waals surface area contributed by atoms with Crippen molar-refractivity contribution in [2.24, 2.45) is 0 Å². The number of aliphatic hydroxyl groups is 1. The van der Waals surface area contributed by atoms with Crippen LogP contribution >= 0.6 is 15.6 Å². The van der Waals surface area contributed by atoms with Gasteiger partial charge in [0.2, 0.25) is 0 Å². The molecule has 19 heteroatoms. The van der Waals surface area contributed by atoms with Crippen molar-refractivity contribution in [3.8, 4) is 0 Å². The third-order valence-electron chi connectivity index (χ3n) is 16.1. The minimum absolute atomic E-state index is 0.0123. The average Bonchev–Trinajstić information content (AvgIpc) is 0.892. The Bertz CT molecular complexity index is 2810. The van der Waals surface area contributed by atoms with Crippen molar-refractivity contribution in [3.63, 3.8) is 0 Å². The lowest BCUT2D eigenvalue weighted by molar-refractivity contribution is -0.161. The summed E-state index contributed by atoms with van der Waals surface area (Å²) in [5.41, 5.74) is 0. The Balaban J connectivity index is 5.53. The zero-order chi connectivity index (χ0) is 78.9. The van der Waals surface area contributed by atoms with Crippen LogP contribution in [0.2, 0.25) is 0 Å². The maximum absolute atomic E-state index is 13.1. The number of carbonyl (C=O) groups is 4. The van der Waals surface area contributed by atoms with Crippen LogP contribution < -0.4 is 0 Å². The second kappa shape index (κ2) is 79.0. The van der Waals surface area contributed by atoms with E-state index < -0.39 is 97.5 Å². The molecular weight excluding hydrogens is 1400 g/mol. The molecule has 108 heavy (non-hydrogen) atoms. The molecule has 0 aliphatic rings. The van der Waals surface area contributed by atoms with Crippen molar-refractivity contribution < 1.29 is 80.2 Å². The van der Waals surface area contributed by atoms with Gasteiger partial charge in [-0.05, 0) is 161 Å². The van der Waals surface area contributed by atoms with Crippen LogP contribution in [0.3, 0.4) is 0 Å². The quantitative estimate of drug-likeness (QED) is 0.0169. The molecule has 0 saturated carbocycles. The van der Waals surface area contributed by atoms with Gasteiger partial charge in [0.1, 0.15) is 19.3 Å². The molecule has 0 fully saturated rings. The number of hydrogen-bond acceptors (Lipinski definition) is 15. The van der Waals surface area contributed by atoms with Crippen LogP contribution in [-0.2, 0) is 65.4 Å². The van der Waals surface area contributed by atoms with Crippen LogP contribution in [0.25, 0.3) is 0 Å². The van der Waals surface area contributed by atoms with E-state index >= 15 is 0 Å². The lowest BCUT2D eigenvalue weighted by Crippen LogP contribution is -2.30. The summed E-state index contributed by atoms with van der Waals surface area (Å²) in [5, 5.41) is 10.6. The van der Waals surface area contributed by atoms with Crippen molar-refractivity contribution in [2.45, 2.75) is 303 Å². The summed E-state index contributed by atoms with van der Waals surface area (Å²) in [4.78, 5) is 73.0. The second-order valence-corrected chi connectivity index (χ2v) is 29.1. The molecule has 0 aromatic heterocycles. The van der Waals surface area contributed by atoms with Crippen LogP contribution in [0.1, 0.15) is 285 Å². The van der Waals surface area contributed by atoms with Gasteiger partial charge in [0.25, 0.3) is 0 Å². The van der Waals surface area contributed by atoms with E-state index in [0.717, 1.165) is 167 Å². The van der Waals surface area contributed by atoms with Crippen LogP contribution in [0.5, 0.6) is 0 Å². The largest absolute Gasteiger partial charge is 0.472 e. The monoisotopic (exact) mass is 1540 g/mol. The van der Waals surface area contributed by atoms with E-state index in [4.69, 9.17) is 37.0 Å². The molecule has 0 spiro atoms.